The summed E-state index contributed by atoms with van der Waals surface area (Å²) in [5, 5.41) is 10.8. The topological polar surface area (TPSA) is 92.4 Å². The number of hydrogen-bond donors (Lipinski definition) is 3. The van der Waals surface area contributed by atoms with Gasteiger partial charge in [-0.3, -0.25) is 9.59 Å². The highest BCUT2D eigenvalue weighted by molar-refractivity contribution is 5.82. The first-order chi connectivity index (χ1) is 5.90. The second-order valence-electron chi connectivity index (χ2n) is 3.49. The monoisotopic (exact) mass is 188 g/mol. The van der Waals surface area contributed by atoms with Gasteiger partial charge >= 0.3 is 5.97 Å². The SMILES string of the molecule is CC(C)(CN)C(=O)NCCC(=O)O. The Balaban J connectivity index is 3.81. The molecule has 0 heterocycles. The molecule has 0 unspecified atom stereocenters. The van der Waals surface area contributed by atoms with Crippen molar-refractivity contribution in [2.45, 2.75) is 20.3 Å². The Labute approximate surface area is 77.3 Å². The number of nitrogens with two attached hydrogens (primary N) is 1. The van der Waals surface area contributed by atoms with Gasteiger partial charge in [0.1, 0.15) is 0 Å². The number of rotatable bonds is 5. The van der Waals surface area contributed by atoms with Crippen LogP contribution in [0.3, 0.4) is 0 Å². The van der Waals surface area contributed by atoms with E-state index in [0.29, 0.717) is 0 Å². The van der Waals surface area contributed by atoms with Crippen LogP contribution in [0.5, 0.6) is 0 Å². The number of carbonyl (C=O) groups is 2. The standard InChI is InChI=1S/C8H16N2O3/c1-8(2,5-9)7(13)10-4-3-6(11)12/h3-5,9H2,1-2H3,(H,10,13)(H,11,12). The van der Waals surface area contributed by atoms with Crippen molar-refractivity contribution in [2.75, 3.05) is 13.1 Å². The zero-order chi connectivity index (χ0) is 10.5. The summed E-state index contributed by atoms with van der Waals surface area (Å²) in [5.74, 6) is -1.14. The smallest absolute Gasteiger partial charge is 0.305 e. The van der Waals surface area contributed by atoms with E-state index in [1.54, 1.807) is 13.8 Å². The van der Waals surface area contributed by atoms with E-state index >= 15 is 0 Å². The Morgan fingerprint density at radius 3 is 2.38 bits per heavy atom. The third kappa shape index (κ3) is 4.47. The molecular formula is C8H16N2O3. The van der Waals surface area contributed by atoms with Crippen LogP contribution < -0.4 is 11.1 Å². The Kier molecular flexibility index (Phi) is 4.40. The van der Waals surface area contributed by atoms with E-state index in [1.165, 1.54) is 0 Å². The van der Waals surface area contributed by atoms with Crippen LogP contribution in [0.25, 0.3) is 0 Å². The van der Waals surface area contributed by atoms with E-state index in [0.717, 1.165) is 0 Å². The lowest BCUT2D eigenvalue weighted by atomic mass is 9.93. The Morgan fingerprint density at radius 2 is 2.00 bits per heavy atom. The highest BCUT2D eigenvalue weighted by Crippen LogP contribution is 2.11. The zero-order valence-electron chi connectivity index (χ0n) is 7.96. The van der Waals surface area contributed by atoms with E-state index in [-0.39, 0.29) is 25.4 Å². The molecule has 0 atom stereocenters. The Bertz CT molecular complexity index is 202. The summed E-state index contributed by atoms with van der Waals surface area (Å²) >= 11 is 0. The first kappa shape index (κ1) is 11.9. The maximum Gasteiger partial charge on any atom is 0.305 e. The second kappa shape index (κ2) is 4.81. The third-order valence-corrected chi connectivity index (χ3v) is 1.75. The lowest BCUT2D eigenvalue weighted by Gasteiger charge is -2.20. The fraction of sp³-hybridized carbons (Fsp3) is 0.750. The molecule has 13 heavy (non-hydrogen) atoms. The van der Waals surface area contributed by atoms with Crippen LogP contribution in [0.4, 0.5) is 0 Å². The molecule has 0 aliphatic rings. The molecule has 0 aromatic rings. The normalized spacial score (nSPS) is 11.0. The van der Waals surface area contributed by atoms with Crippen molar-refractivity contribution in [3.8, 4) is 0 Å². The van der Waals surface area contributed by atoms with Crippen molar-refractivity contribution in [2.24, 2.45) is 11.1 Å². The predicted molar refractivity (Wildman–Crippen MR) is 48.1 cm³/mol. The van der Waals surface area contributed by atoms with Gasteiger partial charge in [0.2, 0.25) is 5.91 Å². The summed E-state index contributed by atoms with van der Waals surface area (Å²) in [5.41, 5.74) is 4.74. The summed E-state index contributed by atoms with van der Waals surface area (Å²) in [4.78, 5) is 21.4. The molecule has 0 aliphatic carbocycles. The largest absolute Gasteiger partial charge is 0.481 e. The molecule has 0 radical (unpaired) electrons. The van der Waals surface area contributed by atoms with E-state index in [2.05, 4.69) is 5.32 Å². The molecule has 0 saturated heterocycles. The molecule has 4 N–H and O–H groups in total. The molecule has 5 heteroatoms. The number of carboxylic acids is 1. The fourth-order valence-corrected chi connectivity index (χ4v) is 0.615. The molecule has 0 rings (SSSR count). The number of amides is 1. The molecule has 0 fully saturated rings. The number of aliphatic carboxylic acids is 1. The van der Waals surface area contributed by atoms with Crippen LogP contribution in [-0.4, -0.2) is 30.1 Å². The van der Waals surface area contributed by atoms with Crippen molar-refractivity contribution in [3.63, 3.8) is 0 Å². The average molecular weight is 188 g/mol. The Morgan fingerprint density at radius 1 is 1.46 bits per heavy atom. The first-order valence-electron chi connectivity index (χ1n) is 4.10. The molecule has 0 bridgehead atoms. The van der Waals surface area contributed by atoms with Gasteiger partial charge in [-0.2, -0.15) is 0 Å². The lowest BCUT2D eigenvalue weighted by molar-refractivity contribution is -0.137. The first-order valence-corrected chi connectivity index (χ1v) is 4.10. The fourth-order valence-electron chi connectivity index (χ4n) is 0.615. The molecule has 0 aromatic heterocycles. The molecule has 0 saturated carbocycles. The zero-order valence-corrected chi connectivity index (χ0v) is 7.96. The number of carbonyl (C=O) groups excluding carboxylic acids is 1. The van der Waals surface area contributed by atoms with Gasteiger partial charge in [-0.1, -0.05) is 0 Å². The minimum atomic E-state index is -0.925. The van der Waals surface area contributed by atoms with Gasteiger partial charge in [-0.05, 0) is 13.8 Å². The minimum Gasteiger partial charge on any atom is -0.481 e. The van der Waals surface area contributed by atoms with E-state index < -0.39 is 11.4 Å². The van der Waals surface area contributed by atoms with Crippen molar-refractivity contribution in [1.29, 1.82) is 0 Å². The van der Waals surface area contributed by atoms with Crippen LogP contribution in [0.1, 0.15) is 20.3 Å². The van der Waals surface area contributed by atoms with Gasteiger partial charge in [-0.15, -0.1) is 0 Å². The van der Waals surface area contributed by atoms with Crippen molar-refractivity contribution in [1.82, 2.24) is 5.32 Å². The lowest BCUT2D eigenvalue weighted by Crippen LogP contribution is -2.42. The summed E-state index contributed by atoms with van der Waals surface area (Å²) in [6, 6.07) is 0. The van der Waals surface area contributed by atoms with E-state index in [9.17, 15) is 9.59 Å². The average Bonchev–Trinajstić information content (AvgIpc) is 2.03. The van der Waals surface area contributed by atoms with Crippen LogP contribution in [0.2, 0.25) is 0 Å². The second-order valence-corrected chi connectivity index (χ2v) is 3.49. The number of carboxylic acid groups (broad SMARTS) is 1. The molecule has 1 amide bonds. The van der Waals surface area contributed by atoms with Gasteiger partial charge in [0.25, 0.3) is 0 Å². The number of hydrogen-bond acceptors (Lipinski definition) is 3. The molecule has 5 nitrogen and oxygen atoms in total. The molecule has 0 spiro atoms. The maximum absolute atomic E-state index is 11.3. The highest BCUT2D eigenvalue weighted by Gasteiger charge is 2.25. The highest BCUT2D eigenvalue weighted by atomic mass is 16.4. The van der Waals surface area contributed by atoms with Crippen LogP contribution >= 0.6 is 0 Å². The quantitative estimate of drug-likeness (QED) is 0.545. The van der Waals surface area contributed by atoms with Crippen molar-refractivity contribution in [3.05, 3.63) is 0 Å². The van der Waals surface area contributed by atoms with Crippen LogP contribution in [0, 0.1) is 5.41 Å². The summed E-state index contributed by atoms with van der Waals surface area (Å²) < 4.78 is 0. The van der Waals surface area contributed by atoms with Crippen LogP contribution in [-0.2, 0) is 9.59 Å². The van der Waals surface area contributed by atoms with Gasteiger partial charge in [-0.25, -0.2) is 0 Å². The molecule has 0 aromatic carbocycles. The minimum absolute atomic E-state index is 0.0631. The van der Waals surface area contributed by atoms with Gasteiger partial charge in [0.15, 0.2) is 0 Å². The van der Waals surface area contributed by atoms with Crippen molar-refractivity contribution < 1.29 is 14.7 Å². The van der Waals surface area contributed by atoms with Gasteiger partial charge in [0, 0.05) is 13.1 Å². The molecular weight excluding hydrogens is 172 g/mol. The maximum atomic E-state index is 11.3. The van der Waals surface area contributed by atoms with E-state index in [4.69, 9.17) is 10.8 Å². The van der Waals surface area contributed by atoms with E-state index in [1.807, 2.05) is 0 Å². The summed E-state index contributed by atoms with van der Waals surface area (Å²) in [7, 11) is 0. The molecule has 76 valence electrons. The summed E-state index contributed by atoms with van der Waals surface area (Å²) in [6.45, 7) is 3.82. The third-order valence-electron chi connectivity index (χ3n) is 1.75. The summed E-state index contributed by atoms with van der Waals surface area (Å²) in [6.07, 6.45) is -0.0631. The number of nitrogens with one attached hydrogen (secondary N) is 1. The Hall–Kier alpha value is -1.10. The van der Waals surface area contributed by atoms with Gasteiger partial charge < -0.3 is 16.2 Å². The predicted octanol–water partition coefficient (Wildman–Crippen LogP) is -0.438. The molecule has 0 aliphatic heterocycles. The van der Waals surface area contributed by atoms with Crippen molar-refractivity contribution >= 4 is 11.9 Å². The van der Waals surface area contributed by atoms with Gasteiger partial charge in [0.05, 0.1) is 11.8 Å². The van der Waals surface area contributed by atoms with Crippen LogP contribution in [0.15, 0.2) is 0 Å².